The third kappa shape index (κ3) is 5.15. The number of nitrogens with zero attached hydrogens (tertiary/aromatic N) is 2. The number of nitrogens with one attached hydrogen (secondary N) is 1. The number of aromatic nitrogens is 2. The molecule has 4 heteroatoms. The third-order valence-electron chi connectivity index (χ3n) is 5.01. The molecule has 30 heavy (non-hydrogen) atoms. The van der Waals surface area contributed by atoms with Crippen molar-refractivity contribution in [2.24, 2.45) is 10.4 Å². The van der Waals surface area contributed by atoms with Crippen LogP contribution in [0.4, 0.5) is 0 Å². The zero-order valence-corrected chi connectivity index (χ0v) is 17.9. The molecule has 0 bridgehead atoms. The van der Waals surface area contributed by atoms with Gasteiger partial charge in [0.2, 0.25) is 0 Å². The van der Waals surface area contributed by atoms with Crippen LogP contribution >= 0.6 is 0 Å². The van der Waals surface area contributed by atoms with Gasteiger partial charge in [0.15, 0.2) is 0 Å². The smallest absolute Gasteiger partial charge is 0.130 e. The highest BCUT2D eigenvalue weighted by atomic mass is 16.5. The van der Waals surface area contributed by atoms with E-state index in [1.54, 1.807) is 12.3 Å². The van der Waals surface area contributed by atoms with Crippen LogP contribution in [0.15, 0.2) is 91.2 Å². The lowest BCUT2D eigenvalue weighted by molar-refractivity contribution is 0.356. The summed E-state index contributed by atoms with van der Waals surface area (Å²) in [6.45, 7) is 14.5. The fourth-order valence-electron chi connectivity index (χ4n) is 3.64. The highest BCUT2D eigenvalue weighted by Crippen LogP contribution is 2.41. The topological polar surface area (TPSA) is 50.3 Å². The molecule has 2 aromatic carbocycles. The van der Waals surface area contributed by atoms with Crippen LogP contribution in [0.2, 0.25) is 0 Å². The first-order valence-electron chi connectivity index (χ1n) is 10.0. The molecule has 1 N–H and O–H groups in total. The summed E-state index contributed by atoms with van der Waals surface area (Å²) in [4.78, 5) is 4.13. The normalized spacial score (nSPS) is 13.0. The van der Waals surface area contributed by atoms with E-state index in [2.05, 4.69) is 85.5 Å². The quantitative estimate of drug-likeness (QED) is 0.445. The predicted molar refractivity (Wildman–Crippen MR) is 125 cm³/mol. The van der Waals surface area contributed by atoms with Crippen molar-refractivity contribution in [3.63, 3.8) is 0 Å². The van der Waals surface area contributed by atoms with Gasteiger partial charge >= 0.3 is 0 Å². The number of rotatable bonds is 8. The largest absolute Gasteiger partial charge is 0.487 e. The Morgan fingerprint density at radius 3 is 2.17 bits per heavy atom. The Morgan fingerprint density at radius 1 is 1.03 bits per heavy atom. The molecule has 0 radical (unpaired) electrons. The molecule has 0 saturated heterocycles. The van der Waals surface area contributed by atoms with Crippen LogP contribution in [0.5, 0.6) is 5.75 Å². The van der Waals surface area contributed by atoms with E-state index in [9.17, 15) is 0 Å². The summed E-state index contributed by atoms with van der Waals surface area (Å²) in [5.41, 5.74) is 5.50. The third-order valence-corrected chi connectivity index (χ3v) is 5.01. The first-order valence-corrected chi connectivity index (χ1v) is 10.0. The van der Waals surface area contributed by atoms with E-state index < -0.39 is 0 Å². The summed E-state index contributed by atoms with van der Waals surface area (Å²) in [7, 11) is 0. The maximum Gasteiger partial charge on any atom is 0.130 e. The van der Waals surface area contributed by atoms with Crippen molar-refractivity contribution in [2.75, 3.05) is 6.61 Å². The van der Waals surface area contributed by atoms with Crippen molar-refractivity contribution in [2.45, 2.75) is 26.7 Å². The monoisotopic (exact) mass is 399 g/mol. The highest BCUT2D eigenvalue weighted by molar-refractivity contribution is 5.96. The Bertz CT molecular complexity index is 992. The number of aliphatic imine (C=N–C) groups is 1. The van der Waals surface area contributed by atoms with Crippen LogP contribution in [-0.4, -0.2) is 22.5 Å². The molecule has 0 aliphatic carbocycles. The van der Waals surface area contributed by atoms with Gasteiger partial charge in [-0.05, 0) is 46.4 Å². The van der Waals surface area contributed by atoms with E-state index in [-0.39, 0.29) is 11.3 Å². The molecule has 0 saturated carbocycles. The molecule has 0 amide bonds. The number of hydrogen-bond acceptors (Lipinski definition) is 3. The van der Waals surface area contributed by atoms with Crippen molar-refractivity contribution in [3.8, 4) is 17.0 Å². The molecule has 4 nitrogen and oxygen atoms in total. The van der Waals surface area contributed by atoms with Gasteiger partial charge in [-0.15, -0.1) is 0 Å². The van der Waals surface area contributed by atoms with Crippen molar-refractivity contribution in [3.05, 3.63) is 97.4 Å². The summed E-state index contributed by atoms with van der Waals surface area (Å²) in [5.74, 6) is 1.06. The number of hydrogen-bond donors (Lipinski definition) is 1. The standard InChI is InChI=1S/C26H29N3O/c1-6-22(27-7-2)18-30-23-14-12-21(13-15-23)25(26(3,4)5)20-10-8-19(9-11-20)24-16-17-28-29-24/h6-17,25H,1-2,18H2,3-5H3,(H,28,29). The average molecular weight is 400 g/mol. The molecule has 1 heterocycles. The average Bonchev–Trinajstić information content (AvgIpc) is 3.27. The van der Waals surface area contributed by atoms with Crippen LogP contribution in [-0.2, 0) is 0 Å². The van der Waals surface area contributed by atoms with Crippen LogP contribution in [0.1, 0.15) is 37.8 Å². The molecule has 0 spiro atoms. The molecular weight excluding hydrogens is 370 g/mol. The Morgan fingerprint density at radius 2 is 1.67 bits per heavy atom. The summed E-state index contributed by atoms with van der Waals surface area (Å²) in [6, 6.07) is 19.0. The van der Waals surface area contributed by atoms with Crippen molar-refractivity contribution >= 4 is 5.71 Å². The van der Waals surface area contributed by atoms with Gasteiger partial charge in [0.05, 0.1) is 11.4 Å². The van der Waals surface area contributed by atoms with Gasteiger partial charge in [-0.25, -0.2) is 0 Å². The van der Waals surface area contributed by atoms with Gasteiger partial charge in [-0.3, -0.25) is 10.1 Å². The van der Waals surface area contributed by atoms with E-state index in [1.807, 2.05) is 18.2 Å². The van der Waals surface area contributed by atoms with Gasteiger partial charge in [-0.2, -0.15) is 5.10 Å². The second-order valence-electron chi connectivity index (χ2n) is 8.26. The SMILES string of the molecule is C=CN=C(C=C)COc1ccc(C(c2ccc(-c3ccn[nH]3)cc2)C(C)(C)C)cc1. The van der Waals surface area contributed by atoms with E-state index in [4.69, 9.17) is 4.74 Å². The van der Waals surface area contributed by atoms with E-state index >= 15 is 0 Å². The Kier molecular flexibility index (Phi) is 6.68. The number of H-pyrrole nitrogens is 1. The molecule has 1 atom stereocenters. The Labute approximate surface area is 179 Å². The predicted octanol–water partition coefficient (Wildman–Crippen LogP) is 6.40. The van der Waals surface area contributed by atoms with Crippen molar-refractivity contribution in [1.29, 1.82) is 0 Å². The first-order chi connectivity index (χ1) is 14.4. The second kappa shape index (κ2) is 9.40. The molecule has 154 valence electrons. The fraction of sp³-hybridized carbons (Fsp3) is 0.231. The van der Waals surface area contributed by atoms with Crippen LogP contribution in [0.3, 0.4) is 0 Å². The lowest BCUT2D eigenvalue weighted by atomic mass is 9.72. The van der Waals surface area contributed by atoms with Gasteiger partial charge in [0.1, 0.15) is 12.4 Å². The van der Waals surface area contributed by atoms with E-state index in [0.717, 1.165) is 22.7 Å². The van der Waals surface area contributed by atoms with Crippen LogP contribution in [0, 0.1) is 5.41 Å². The molecule has 1 aromatic heterocycles. The second-order valence-corrected chi connectivity index (χ2v) is 8.26. The Hall–Kier alpha value is -3.40. The van der Waals surface area contributed by atoms with Crippen molar-refractivity contribution < 1.29 is 4.74 Å². The van der Waals surface area contributed by atoms with E-state index in [1.165, 1.54) is 17.3 Å². The van der Waals surface area contributed by atoms with Gasteiger partial charge in [0, 0.05) is 18.3 Å². The lowest BCUT2D eigenvalue weighted by Crippen LogP contribution is -2.19. The maximum atomic E-state index is 5.84. The zero-order valence-electron chi connectivity index (χ0n) is 17.9. The Balaban J connectivity index is 1.81. The molecule has 0 fully saturated rings. The summed E-state index contributed by atoms with van der Waals surface area (Å²) < 4.78 is 5.84. The summed E-state index contributed by atoms with van der Waals surface area (Å²) >= 11 is 0. The lowest BCUT2D eigenvalue weighted by Gasteiger charge is -2.32. The van der Waals surface area contributed by atoms with Gasteiger partial charge in [-0.1, -0.05) is 70.3 Å². The maximum absolute atomic E-state index is 5.84. The van der Waals surface area contributed by atoms with Gasteiger partial charge < -0.3 is 4.74 Å². The minimum Gasteiger partial charge on any atom is -0.487 e. The molecule has 0 aliphatic rings. The molecule has 1 unspecified atom stereocenters. The molecule has 3 rings (SSSR count). The highest BCUT2D eigenvalue weighted by Gasteiger charge is 2.28. The minimum atomic E-state index is 0.0600. The molecule has 3 aromatic rings. The van der Waals surface area contributed by atoms with E-state index in [0.29, 0.717) is 6.61 Å². The minimum absolute atomic E-state index is 0.0600. The zero-order chi connectivity index (χ0) is 21.6. The molecular formula is C26H29N3O. The number of benzene rings is 2. The summed E-state index contributed by atoms with van der Waals surface area (Å²) in [6.07, 6.45) is 4.94. The number of ether oxygens (including phenoxy) is 1. The summed E-state index contributed by atoms with van der Waals surface area (Å²) in [5, 5.41) is 7.06. The first kappa shape index (κ1) is 21.3. The van der Waals surface area contributed by atoms with Gasteiger partial charge in [0.25, 0.3) is 0 Å². The fourth-order valence-corrected chi connectivity index (χ4v) is 3.64. The molecule has 0 aliphatic heterocycles. The van der Waals surface area contributed by atoms with Crippen molar-refractivity contribution in [1.82, 2.24) is 10.2 Å². The van der Waals surface area contributed by atoms with Crippen LogP contribution < -0.4 is 4.74 Å². The van der Waals surface area contributed by atoms with Crippen LogP contribution in [0.25, 0.3) is 11.3 Å². The number of aromatic amines is 1.